The fourth-order valence-corrected chi connectivity index (χ4v) is 2.64. The van der Waals surface area contributed by atoms with E-state index < -0.39 is 6.10 Å². The molecule has 3 heteroatoms. The van der Waals surface area contributed by atoms with Gasteiger partial charge in [-0.25, -0.2) is 0 Å². The summed E-state index contributed by atoms with van der Waals surface area (Å²) in [6.07, 6.45) is -0.428. The first kappa shape index (κ1) is 15.1. The topological polar surface area (TPSA) is 35.5 Å². The van der Waals surface area contributed by atoms with E-state index in [1.807, 2.05) is 48.5 Å². The maximum Gasteiger partial charge on any atom is 0.303 e. The smallest absolute Gasteiger partial charge is 0.303 e. The molecule has 1 unspecified atom stereocenters. The molecule has 1 atom stereocenters. The van der Waals surface area contributed by atoms with Crippen LogP contribution in [0.3, 0.4) is 0 Å². The van der Waals surface area contributed by atoms with Crippen molar-refractivity contribution < 1.29 is 14.3 Å². The zero-order valence-electron chi connectivity index (χ0n) is 13.2. The molecule has 0 N–H and O–H groups in total. The Morgan fingerprint density at radius 1 is 0.870 bits per heavy atom. The highest BCUT2D eigenvalue weighted by Crippen LogP contribution is 2.30. The largest absolute Gasteiger partial charge is 0.497 e. The summed E-state index contributed by atoms with van der Waals surface area (Å²) in [5.74, 6) is 0.466. The molecule has 0 aliphatic heterocycles. The molecule has 0 heterocycles. The van der Waals surface area contributed by atoms with Crippen molar-refractivity contribution in [2.45, 2.75) is 13.0 Å². The van der Waals surface area contributed by atoms with Gasteiger partial charge in [0.25, 0.3) is 0 Å². The Balaban J connectivity index is 2.03. The molecule has 3 aromatic rings. The number of esters is 1. The standard InChI is InChI=1S/C20H18O3/c1-14(21)23-20(16-9-11-19(22-2)12-10-16)18-8-7-15-5-3-4-6-17(15)13-18/h3-13,20H,1-2H3. The van der Waals surface area contributed by atoms with Gasteiger partial charge in [-0.2, -0.15) is 0 Å². The van der Waals surface area contributed by atoms with Crippen LogP contribution in [0.15, 0.2) is 66.7 Å². The molecule has 0 amide bonds. The van der Waals surface area contributed by atoms with E-state index in [9.17, 15) is 4.79 Å². The number of carbonyl (C=O) groups is 1. The molecule has 0 radical (unpaired) electrons. The quantitative estimate of drug-likeness (QED) is 0.666. The average molecular weight is 306 g/mol. The second-order valence-electron chi connectivity index (χ2n) is 5.37. The molecule has 0 aliphatic rings. The first-order valence-corrected chi connectivity index (χ1v) is 7.47. The second-order valence-corrected chi connectivity index (χ2v) is 5.37. The number of benzene rings is 3. The van der Waals surface area contributed by atoms with Crippen molar-refractivity contribution >= 4 is 16.7 Å². The molecule has 0 spiro atoms. The van der Waals surface area contributed by atoms with Gasteiger partial charge in [0, 0.05) is 6.92 Å². The lowest BCUT2D eigenvalue weighted by atomic mass is 9.98. The Morgan fingerprint density at radius 2 is 1.52 bits per heavy atom. The van der Waals surface area contributed by atoms with Crippen LogP contribution in [0.5, 0.6) is 5.75 Å². The van der Waals surface area contributed by atoms with Crippen LogP contribution in [-0.2, 0) is 9.53 Å². The van der Waals surface area contributed by atoms with E-state index in [-0.39, 0.29) is 5.97 Å². The zero-order valence-corrected chi connectivity index (χ0v) is 13.2. The summed E-state index contributed by atoms with van der Waals surface area (Å²) in [6, 6.07) is 21.8. The fourth-order valence-electron chi connectivity index (χ4n) is 2.64. The van der Waals surface area contributed by atoms with Gasteiger partial charge >= 0.3 is 5.97 Å². The van der Waals surface area contributed by atoms with E-state index in [1.165, 1.54) is 6.92 Å². The third kappa shape index (κ3) is 3.34. The molecule has 0 aliphatic carbocycles. The fraction of sp³-hybridized carbons (Fsp3) is 0.150. The number of carbonyl (C=O) groups excluding carboxylic acids is 1. The van der Waals surface area contributed by atoms with E-state index in [0.29, 0.717) is 0 Å². The Labute approximate surface area is 135 Å². The Kier molecular flexibility index (Phi) is 4.29. The summed E-state index contributed by atoms with van der Waals surface area (Å²) < 4.78 is 10.8. The minimum atomic E-state index is -0.428. The van der Waals surface area contributed by atoms with Gasteiger partial charge in [-0.15, -0.1) is 0 Å². The molecule has 116 valence electrons. The predicted molar refractivity (Wildman–Crippen MR) is 90.6 cm³/mol. The summed E-state index contributed by atoms with van der Waals surface area (Å²) in [7, 11) is 1.63. The summed E-state index contributed by atoms with van der Waals surface area (Å²) in [4.78, 5) is 11.5. The number of rotatable bonds is 4. The summed E-state index contributed by atoms with van der Waals surface area (Å²) in [6.45, 7) is 1.43. The molecule has 0 saturated heterocycles. The highest BCUT2D eigenvalue weighted by atomic mass is 16.5. The van der Waals surface area contributed by atoms with Crippen LogP contribution in [0, 0.1) is 0 Å². The predicted octanol–water partition coefficient (Wildman–Crippen LogP) is 4.50. The van der Waals surface area contributed by atoms with Crippen LogP contribution in [0.2, 0.25) is 0 Å². The number of fused-ring (bicyclic) bond motifs is 1. The third-order valence-corrected chi connectivity index (χ3v) is 3.78. The van der Waals surface area contributed by atoms with Crippen LogP contribution in [-0.4, -0.2) is 13.1 Å². The van der Waals surface area contributed by atoms with Gasteiger partial charge < -0.3 is 9.47 Å². The highest BCUT2D eigenvalue weighted by Gasteiger charge is 2.18. The van der Waals surface area contributed by atoms with Crippen molar-refractivity contribution in [1.82, 2.24) is 0 Å². The van der Waals surface area contributed by atoms with E-state index in [2.05, 4.69) is 18.2 Å². The van der Waals surface area contributed by atoms with Gasteiger partial charge in [0.1, 0.15) is 5.75 Å². The monoisotopic (exact) mass is 306 g/mol. The van der Waals surface area contributed by atoms with Crippen LogP contribution in [0.4, 0.5) is 0 Å². The van der Waals surface area contributed by atoms with E-state index in [4.69, 9.17) is 9.47 Å². The number of hydrogen-bond acceptors (Lipinski definition) is 3. The van der Waals surface area contributed by atoms with Crippen molar-refractivity contribution in [3.05, 3.63) is 77.9 Å². The van der Waals surface area contributed by atoms with Crippen LogP contribution in [0.25, 0.3) is 10.8 Å². The third-order valence-electron chi connectivity index (χ3n) is 3.78. The molecular formula is C20H18O3. The number of hydrogen-bond donors (Lipinski definition) is 0. The minimum absolute atomic E-state index is 0.307. The van der Waals surface area contributed by atoms with Crippen molar-refractivity contribution in [3.8, 4) is 5.75 Å². The Morgan fingerprint density at radius 3 is 2.17 bits per heavy atom. The SMILES string of the molecule is COc1ccc(C(OC(C)=O)c2ccc3ccccc3c2)cc1. The van der Waals surface area contributed by atoms with Gasteiger partial charge in [0.2, 0.25) is 0 Å². The van der Waals surface area contributed by atoms with Crippen molar-refractivity contribution in [3.63, 3.8) is 0 Å². The molecule has 3 rings (SSSR count). The molecule has 0 saturated carbocycles. The van der Waals surface area contributed by atoms with Gasteiger partial charge in [0.15, 0.2) is 6.10 Å². The van der Waals surface area contributed by atoms with Crippen LogP contribution >= 0.6 is 0 Å². The Hall–Kier alpha value is -2.81. The average Bonchev–Trinajstić information content (AvgIpc) is 2.59. The highest BCUT2D eigenvalue weighted by molar-refractivity contribution is 5.83. The normalized spacial score (nSPS) is 11.9. The molecular weight excluding hydrogens is 288 g/mol. The molecule has 3 nitrogen and oxygen atoms in total. The van der Waals surface area contributed by atoms with E-state index in [0.717, 1.165) is 27.6 Å². The maximum atomic E-state index is 11.5. The van der Waals surface area contributed by atoms with Crippen molar-refractivity contribution in [2.75, 3.05) is 7.11 Å². The maximum absolute atomic E-state index is 11.5. The Bertz CT molecular complexity index is 822. The minimum Gasteiger partial charge on any atom is -0.497 e. The molecule has 3 aromatic carbocycles. The van der Waals surface area contributed by atoms with Crippen LogP contribution in [0.1, 0.15) is 24.2 Å². The van der Waals surface area contributed by atoms with Crippen molar-refractivity contribution in [2.24, 2.45) is 0 Å². The zero-order chi connectivity index (χ0) is 16.2. The van der Waals surface area contributed by atoms with Gasteiger partial charge in [-0.3, -0.25) is 4.79 Å². The van der Waals surface area contributed by atoms with Gasteiger partial charge in [-0.1, -0.05) is 48.5 Å². The van der Waals surface area contributed by atoms with Crippen molar-refractivity contribution in [1.29, 1.82) is 0 Å². The first-order chi connectivity index (χ1) is 11.2. The second kappa shape index (κ2) is 6.53. The first-order valence-electron chi connectivity index (χ1n) is 7.47. The lowest BCUT2D eigenvalue weighted by Gasteiger charge is -2.19. The number of ether oxygens (including phenoxy) is 2. The molecule has 23 heavy (non-hydrogen) atoms. The summed E-state index contributed by atoms with van der Waals surface area (Å²) in [5.41, 5.74) is 1.86. The summed E-state index contributed by atoms with van der Waals surface area (Å²) >= 11 is 0. The number of methoxy groups -OCH3 is 1. The molecule has 0 bridgehead atoms. The lowest BCUT2D eigenvalue weighted by Crippen LogP contribution is -2.10. The molecule has 0 aromatic heterocycles. The van der Waals surface area contributed by atoms with E-state index >= 15 is 0 Å². The van der Waals surface area contributed by atoms with Gasteiger partial charge in [-0.05, 0) is 40.1 Å². The summed E-state index contributed by atoms with van der Waals surface area (Å²) in [5, 5.41) is 2.28. The van der Waals surface area contributed by atoms with E-state index in [1.54, 1.807) is 7.11 Å². The van der Waals surface area contributed by atoms with Crippen LogP contribution < -0.4 is 4.74 Å². The molecule has 0 fully saturated rings. The lowest BCUT2D eigenvalue weighted by molar-refractivity contribution is -0.144. The van der Waals surface area contributed by atoms with Gasteiger partial charge in [0.05, 0.1) is 7.11 Å².